The van der Waals surface area contributed by atoms with Crippen molar-refractivity contribution in [1.82, 2.24) is 0 Å². The molecular formula is C46H74O4. The van der Waals surface area contributed by atoms with Gasteiger partial charge in [0, 0.05) is 12.1 Å². The van der Waals surface area contributed by atoms with E-state index < -0.39 is 0 Å². The molecule has 1 aromatic rings. The van der Waals surface area contributed by atoms with Crippen LogP contribution in [0.4, 0.5) is 0 Å². The van der Waals surface area contributed by atoms with Crippen molar-refractivity contribution in [2.75, 3.05) is 20.3 Å². The van der Waals surface area contributed by atoms with E-state index in [2.05, 4.69) is 62.5 Å². The normalized spacial score (nSPS) is 12.1. The molecule has 0 unspecified atom stereocenters. The van der Waals surface area contributed by atoms with Crippen LogP contribution in [-0.4, -0.2) is 26.3 Å². The van der Waals surface area contributed by atoms with Gasteiger partial charge in [-0.3, -0.25) is 0 Å². The van der Waals surface area contributed by atoms with Crippen LogP contribution in [0.1, 0.15) is 174 Å². The second-order valence-corrected chi connectivity index (χ2v) is 13.5. The monoisotopic (exact) mass is 691 g/mol. The fourth-order valence-electron chi connectivity index (χ4n) is 5.65. The summed E-state index contributed by atoms with van der Waals surface area (Å²) in [4.78, 5) is 11.7. The zero-order valence-corrected chi connectivity index (χ0v) is 32.5. The van der Waals surface area contributed by atoms with E-state index >= 15 is 0 Å². The SMILES string of the molecule is CCCCC/C=C\C/C=C\CCCCCCCCOc1cc(/C=C/C(=O)OC)cc(OCCCCCCCC/C=C\C/C=C\CCCCC)c1. The van der Waals surface area contributed by atoms with Gasteiger partial charge in [-0.05, 0) is 101 Å². The number of hydrogen-bond donors (Lipinski definition) is 0. The number of benzene rings is 1. The lowest BCUT2D eigenvalue weighted by atomic mass is 10.1. The van der Waals surface area contributed by atoms with Crippen LogP contribution in [-0.2, 0) is 9.53 Å². The summed E-state index contributed by atoms with van der Waals surface area (Å²) in [6, 6.07) is 5.90. The summed E-state index contributed by atoms with van der Waals surface area (Å²) >= 11 is 0. The number of ether oxygens (including phenoxy) is 3. The number of hydrogen-bond acceptors (Lipinski definition) is 4. The maximum atomic E-state index is 11.7. The van der Waals surface area contributed by atoms with E-state index in [4.69, 9.17) is 14.2 Å². The Morgan fingerprint density at radius 1 is 0.500 bits per heavy atom. The van der Waals surface area contributed by atoms with E-state index in [1.165, 1.54) is 142 Å². The molecule has 282 valence electrons. The van der Waals surface area contributed by atoms with Crippen molar-refractivity contribution < 1.29 is 19.0 Å². The number of carbonyl (C=O) groups is 1. The van der Waals surface area contributed by atoms with Crippen molar-refractivity contribution >= 4 is 12.0 Å². The van der Waals surface area contributed by atoms with E-state index in [9.17, 15) is 4.79 Å². The number of allylic oxidation sites excluding steroid dienone is 8. The van der Waals surface area contributed by atoms with Gasteiger partial charge in [0.05, 0.1) is 20.3 Å². The second-order valence-electron chi connectivity index (χ2n) is 13.5. The predicted octanol–water partition coefficient (Wildman–Crippen LogP) is 14.3. The number of unbranched alkanes of at least 4 members (excludes halogenated alkanes) is 18. The van der Waals surface area contributed by atoms with Crippen molar-refractivity contribution in [1.29, 1.82) is 0 Å². The fourth-order valence-corrected chi connectivity index (χ4v) is 5.65. The molecule has 0 radical (unpaired) electrons. The molecule has 0 fully saturated rings. The molecule has 0 N–H and O–H groups in total. The first-order valence-corrected chi connectivity index (χ1v) is 20.5. The van der Waals surface area contributed by atoms with Crippen LogP contribution in [0, 0.1) is 0 Å². The van der Waals surface area contributed by atoms with Crippen LogP contribution in [0.5, 0.6) is 11.5 Å². The molecule has 0 aliphatic heterocycles. The number of rotatable bonds is 34. The Morgan fingerprint density at radius 2 is 0.880 bits per heavy atom. The quantitative estimate of drug-likeness (QED) is 0.0312. The first-order chi connectivity index (χ1) is 24.7. The van der Waals surface area contributed by atoms with Crippen molar-refractivity contribution in [3.8, 4) is 11.5 Å². The Hall–Kier alpha value is -3.01. The molecule has 4 nitrogen and oxygen atoms in total. The number of carbonyl (C=O) groups excluding carboxylic acids is 1. The third-order valence-corrected chi connectivity index (χ3v) is 8.74. The minimum atomic E-state index is -0.374. The number of methoxy groups -OCH3 is 1. The van der Waals surface area contributed by atoms with Crippen LogP contribution >= 0.6 is 0 Å². The minimum absolute atomic E-state index is 0.374. The van der Waals surface area contributed by atoms with Gasteiger partial charge < -0.3 is 14.2 Å². The molecule has 0 spiro atoms. The Bertz CT molecular complexity index is 996. The van der Waals surface area contributed by atoms with E-state index in [0.29, 0.717) is 13.2 Å². The van der Waals surface area contributed by atoms with Gasteiger partial charge in [-0.15, -0.1) is 0 Å². The Labute approximate surface area is 308 Å². The first-order valence-electron chi connectivity index (χ1n) is 20.5. The van der Waals surface area contributed by atoms with Crippen molar-refractivity contribution in [2.45, 2.75) is 168 Å². The molecule has 0 aromatic heterocycles. The van der Waals surface area contributed by atoms with Gasteiger partial charge >= 0.3 is 5.97 Å². The lowest BCUT2D eigenvalue weighted by molar-refractivity contribution is -0.134. The molecule has 0 atom stereocenters. The molecule has 0 aliphatic carbocycles. The molecule has 1 aromatic carbocycles. The molecule has 0 bridgehead atoms. The highest BCUT2D eigenvalue weighted by atomic mass is 16.5. The molecule has 4 heteroatoms. The van der Waals surface area contributed by atoms with Crippen molar-refractivity contribution in [2.24, 2.45) is 0 Å². The topological polar surface area (TPSA) is 44.8 Å². The van der Waals surface area contributed by atoms with Gasteiger partial charge in [0.2, 0.25) is 0 Å². The summed E-state index contributed by atoms with van der Waals surface area (Å²) in [5, 5.41) is 0. The van der Waals surface area contributed by atoms with Gasteiger partial charge in [-0.1, -0.05) is 140 Å². The average molecular weight is 691 g/mol. The van der Waals surface area contributed by atoms with E-state index in [0.717, 1.165) is 42.7 Å². The Balaban J connectivity index is 2.22. The molecule has 0 aliphatic rings. The highest BCUT2D eigenvalue weighted by Crippen LogP contribution is 2.25. The lowest BCUT2D eigenvalue weighted by Gasteiger charge is -2.12. The molecular weight excluding hydrogens is 617 g/mol. The molecule has 0 heterocycles. The lowest BCUT2D eigenvalue weighted by Crippen LogP contribution is -2.01. The van der Waals surface area contributed by atoms with Gasteiger partial charge in [0.1, 0.15) is 11.5 Å². The zero-order chi connectivity index (χ0) is 36.0. The highest BCUT2D eigenvalue weighted by Gasteiger charge is 2.04. The van der Waals surface area contributed by atoms with Crippen LogP contribution in [0.3, 0.4) is 0 Å². The number of esters is 1. The van der Waals surface area contributed by atoms with Gasteiger partial charge in [0.25, 0.3) is 0 Å². The van der Waals surface area contributed by atoms with Crippen LogP contribution in [0.25, 0.3) is 6.08 Å². The Morgan fingerprint density at radius 3 is 1.28 bits per heavy atom. The van der Waals surface area contributed by atoms with Crippen LogP contribution < -0.4 is 9.47 Å². The highest BCUT2D eigenvalue weighted by molar-refractivity contribution is 5.87. The third kappa shape index (κ3) is 29.9. The van der Waals surface area contributed by atoms with Crippen LogP contribution in [0.15, 0.2) is 72.9 Å². The van der Waals surface area contributed by atoms with E-state index in [1.807, 2.05) is 18.2 Å². The summed E-state index contributed by atoms with van der Waals surface area (Å²) < 4.78 is 17.0. The maximum Gasteiger partial charge on any atom is 0.330 e. The van der Waals surface area contributed by atoms with Crippen molar-refractivity contribution in [3.63, 3.8) is 0 Å². The van der Waals surface area contributed by atoms with E-state index in [-0.39, 0.29) is 5.97 Å². The largest absolute Gasteiger partial charge is 0.493 e. The first kappa shape index (κ1) is 45.0. The smallest absolute Gasteiger partial charge is 0.330 e. The summed E-state index contributed by atoms with van der Waals surface area (Å²) in [5.74, 6) is 1.19. The summed E-state index contributed by atoms with van der Waals surface area (Å²) in [6.45, 7) is 5.88. The molecule has 0 amide bonds. The zero-order valence-electron chi connectivity index (χ0n) is 32.5. The summed E-state index contributed by atoms with van der Waals surface area (Å²) in [7, 11) is 1.39. The summed E-state index contributed by atoms with van der Waals surface area (Å²) in [6.07, 6.45) is 51.3. The molecule has 50 heavy (non-hydrogen) atoms. The second kappa shape index (κ2) is 35.8. The van der Waals surface area contributed by atoms with Crippen molar-refractivity contribution in [3.05, 3.63) is 78.4 Å². The minimum Gasteiger partial charge on any atom is -0.493 e. The summed E-state index contributed by atoms with van der Waals surface area (Å²) in [5.41, 5.74) is 0.872. The Kier molecular flexibility index (Phi) is 32.2. The van der Waals surface area contributed by atoms with Gasteiger partial charge in [-0.25, -0.2) is 4.79 Å². The van der Waals surface area contributed by atoms with Gasteiger partial charge in [0.15, 0.2) is 0 Å². The van der Waals surface area contributed by atoms with Crippen LogP contribution in [0.2, 0.25) is 0 Å². The molecule has 1 rings (SSSR count). The molecule has 0 saturated carbocycles. The van der Waals surface area contributed by atoms with E-state index in [1.54, 1.807) is 6.08 Å². The maximum absolute atomic E-state index is 11.7. The third-order valence-electron chi connectivity index (χ3n) is 8.74. The standard InChI is InChI=1S/C46H74O4/c1-4-6-8-10-12-14-16-18-20-22-24-26-28-30-32-34-38-49-44-40-43(36-37-46(47)48-3)41-45(42-44)50-39-35-33-31-29-27-25-23-21-19-17-15-13-11-9-7-5-2/h12-15,18-21,36-37,40-42H,4-11,16-17,22-35,38-39H2,1-3H3/b14-12-,15-13-,20-18-,21-19-,37-36+. The average Bonchev–Trinajstić information content (AvgIpc) is 3.13. The molecule has 0 saturated heterocycles. The fraction of sp³-hybridized carbons (Fsp3) is 0.630. The van der Waals surface area contributed by atoms with Gasteiger partial charge in [-0.2, -0.15) is 0 Å². The predicted molar refractivity (Wildman–Crippen MR) is 217 cm³/mol.